The highest BCUT2D eigenvalue weighted by molar-refractivity contribution is 5.77. The van der Waals surface area contributed by atoms with Gasteiger partial charge in [0.05, 0.1) is 12.0 Å². The molecule has 1 amide bonds. The molecule has 0 saturated carbocycles. The third-order valence-corrected chi connectivity index (χ3v) is 5.61. The van der Waals surface area contributed by atoms with E-state index in [0.717, 1.165) is 18.6 Å². The van der Waals surface area contributed by atoms with Crippen molar-refractivity contribution in [3.8, 4) is 11.5 Å². The van der Waals surface area contributed by atoms with Crippen LogP contribution in [0.25, 0.3) is 0 Å². The summed E-state index contributed by atoms with van der Waals surface area (Å²) in [5.41, 5.74) is 0.903. The van der Waals surface area contributed by atoms with E-state index in [1.807, 2.05) is 54.3 Å². The number of hydrogen-bond acceptors (Lipinski definition) is 4. The molecule has 28 heavy (non-hydrogen) atoms. The van der Waals surface area contributed by atoms with E-state index in [1.165, 1.54) is 5.56 Å². The quantitative estimate of drug-likeness (QED) is 0.791. The minimum atomic E-state index is -0.295. The van der Waals surface area contributed by atoms with Crippen LogP contribution >= 0.6 is 0 Å². The molecule has 5 heteroatoms. The van der Waals surface area contributed by atoms with Gasteiger partial charge in [-0.15, -0.1) is 0 Å². The molecule has 1 atom stereocenters. The molecule has 0 bridgehead atoms. The van der Waals surface area contributed by atoms with Gasteiger partial charge in [0.25, 0.3) is 0 Å². The van der Waals surface area contributed by atoms with Crippen molar-refractivity contribution in [2.45, 2.75) is 37.9 Å². The Labute approximate surface area is 166 Å². The summed E-state index contributed by atoms with van der Waals surface area (Å²) in [4.78, 5) is 14.8. The highest BCUT2D eigenvalue weighted by atomic mass is 16.6. The maximum Gasteiger partial charge on any atom is 0.226 e. The van der Waals surface area contributed by atoms with Gasteiger partial charge >= 0.3 is 0 Å². The van der Waals surface area contributed by atoms with E-state index >= 15 is 0 Å². The second kappa shape index (κ2) is 8.23. The van der Waals surface area contributed by atoms with Crippen molar-refractivity contribution in [1.82, 2.24) is 4.90 Å². The Balaban J connectivity index is 1.36. The summed E-state index contributed by atoms with van der Waals surface area (Å²) in [5, 5.41) is 0. The van der Waals surface area contributed by atoms with Crippen LogP contribution in [0.2, 0.25) is 0 Å². The van der Waals surface area contributed by atoms with Crippen molar-refractivity contribution in [1.29, 1.82) is 0 Å². The van der Waals surface area contributed by atoms with Gasteiger partial charge in [0, 0.05) is 19.7 Å². The number of piperidine rings is 1. The highest BCUT2D eigenvalue weighted by Gasteiger charge is 2.38. The number of rotatable bonds is 5. The number of amides is 1. The SMILES string of the molecule is CCOC1(c2ccccc2)CCN(C(=O)CC2COc3ccccc3O2)CC1. The minimum Gasteiger partial charge on any atom is -0.486 e. The lowest BCUT2D eigenvalue weighted by Gasteiger charge is -2.42. The molecule has 0 radical (unpaired) electrons. The highest BCUT2D eigenvalue weighted by Crippen LogP contribution is 2.37. The van der Waals surface area contributed by atoms with Crippen LogP contribution < -0.4 is 9.47 Å². The van der Waals surface area contributed by atoms with Crippen LogP contribution in [0.15, 0.2) is 54.6 Å². The second-order valence-corrected chi connectivity index (χ2v) is 7.38. The van der Waals surface area contributed by atoms with Crippen molar-refractivity contribution < 1.29 is 19.0 Å². The lowest BCUT2D eigenvalue weighted by Crippen LogP contribution is -2.48. The standard InChI is InChI=1S/C23H27NO4/c1-2-27-23(18-8-4-3-5-9-18)12-14-24(15-13-23)22(25)16-19-17-26-20-10-6-7-11-21(20)28-19/h3-11,19H,2,12-17H2,1H3. The first-order valence-electron chi connectivity index (χ1n) is 10.1. The Kier molecular flexibility index (Phi) is 5.53. The van der Waals surface area contributed by atoms with Crippen LogP contribution in [0.3, 0.4) is 0 Å². The molecule has 1 saturated heterocycles. The summed E-state index contributed by atoms with van der Waals surface area (Å²) < 4.78 is 17.9. The maximum absolute atomic E-state index is 12.8. The lowest BCUT2D eigenvalue weighted by molar-refractivity contribution is -0.141. The third kappa shape index (κ3) is 3.85. The topological polar surface area (TPSA) is 48.0 Å². The van der Waals surface area contributed by atoms with E-state index in [9.17, 15) is 4.79 Å². The van der Waals surface area contributed by atoms with Gasteiger partial charge in [-0.1, -0.05) is 42.5 Å². The first kappa shape index (κ1) is 18.8. The number of fused-ring (bicyclic) bond motifs is 1. The first-order valence-corrected chi connectivity index (χ1v) is 10.1. The molecule has 5 nitrogen and oxygen atoms in total. The average Bonchev–Trinajstić information content (AvgIpc) is 2.75. The fourth-order valence-electron chi connectivity index (χ4n) is 4.14. The molecule has 2 aromatic carbocycles. The largest absolute Gasteiger partial charge is 0.486 e. The molecular formula is C23H27NO4. The van der Waals surface area contributed by atoms with Crippen LogP contribution in [0.1, 0.15) is 31.7 Å². The fraction of sp³-hybridized carbons (Fsp3) is 0.435. The third-order valence-electron chi connectivity index (χ3n) is 5.61. The zero-order valence-electron chi connectivity index (χ0n) is 16.3. The number of likely N-dealkylation sites (tertiary alicyclic amines) is 1. The van der Waals surface area contributed by atoms with Crippen molar-refractivity contribution in [3.63, 3.8) is 0 Å². The van der Waals surface area contributed by atoms with E-state index < -0.39 is 0 Å². The molecule has 2 aliphatic rings. The predicted molar refractivity (Wildman–Crippen MR) is 107 cm³/mol. The van der Waals surface area contributed by atoms with E-state index in [1.54, 1.807) is 0 Å². The van der Waals surface area contributed by atoms with Gasteiger partial charge in [-0.3, -0.25) is 4.79 Å². The molecule has 2 aliphatic heterocycles. The first-order chi connectivity index (χ1) is 13.7. The van der Waals surface area contributed by atoms with Gasteiger partial charge in [-0.2, -0.15) is 0 Å². The van der Waals surface area contributed by atoms with Crippen LogP contribution in [0.5, 0.6) is 11.5 Å². The van der Waals surface area contributed by atoms with E-state index in [0.29, 0.717) is 38.5 Å². The Bertz CT molecular complexity index is 799. The minimum absolute atomic E-state index is 0.117. The number of para-hydroxylation sites is 2. The molecule has 0 spiro atoms. The van der Waals surface area contributed by atoms with Gasteiger partial charge in [-0.05, 0) is 37.5 Å². The van der Waals surface area contributed by atoms with E-state index in [2.05, 4.69) is 12.1 Å². The van der Waals surface area contributed by atoms with Crippen LogP contribution in [0.4, 0.5) is 0 Å². The van der Waals surface area contributed by atoms with Gasteiger partial charge in [0.15, 0.2) is 11.5 Å². The molecule has 0 aliphatic carbocycles. The van der Waals surface area contributed by atoms with Crippen molar-refractivity contribution in [2.75, 3.05) is 26.3 Å². The normalized spacial score (nSPS) is 20.6. The predicted octanol–water partition coefficient (Wildman–Crippen LogP) is 3.77. The maximum atomic E-state index is 12.8. The van der Waals surface area contributed by atoms with Gasteiger partial charge < -0.3 is 19.1 Å². The van der Waals surface area contributed by atoms with Crippen LogP contribution in [-0.4, -0.2) is 43.2 Å². The summed E-state index contributed by atoms with van der Waals surface area (Å²) in [7, 11) is 0. The smallest absolute Gasteiger partial charge is 0.226 e. The Morgan fingerprint density at radius 1 is 1.07 bits per heavy atom. The molecule has 0 N–H and O–H groups in total. The Morgan fingerprint density at radius 2 is 1.75 bits per heavy atom. The number of ether oxygens (including phenoxy) is 3. The lowest BCUT2D eigenvalue weighted by atomic mass is 9.84. The second-order valence-electron chi connectivity index (χ2n) is 7.38. The van der Waals surface area contributed by atoms with Crippen molar-refractivity contribution in [3.05, 3.63) is 60.2 Å². The zero-order chi connectivity index (χ0) is 19.4. The van der Waals surface area contributed by atoms with Crippen LogP contribution in [-0.2, 0) is 15.1 Å². The van der Waals surface area contributed by atoms with Gasteiger partial charge in [0.1, 0.15) is 12.7 Å². The summed E-state index contributed by atoms with van der Waals surface area (Å²) in [6.45, 7) is 4.48. The molecular weight excluding hydrogens is 354 g/mol. The van der Waals surface area contributed by atoms with Gasteiger partial charge in [-0.25, -0.2) is 0 Å². The van der Waals surface area contributed by atoms with Crippen molar-refractivity contribution in [2.24, 2.45) is 0 Å². The van der Waals surface area contributed by atoms with E-state index in [-0.39, 0.29) is 17.6 Å². The monoisotopic (exact) mass is 381 g/mol. The summed E-state index contributed by atoms with van der Waals surface area (Å²) >= 11 is 0. The fourth-order valence-corrected chi connectivity index (χ4v) is 4.14. The number of carbonyl (C=O) groups excluding carboxylic acids is 1. The molecule has 1 fully saturated rings. The van der Waals surface area contributed by atoms with Crippen LogP contribution in [0, 0.1) is 0 Å². The summed E-state index contributed by atoms with van der Waals surface area (Å²) in [6, 6.07) is 17.9. The number of nitrogens with zero attached hydrogens (tertiary/aromatic N) is 1. The number of hydrogen-bond donors (Lipinski definition) is 0. The molecule has 2 heterocycles. The van der Waals surface area contributed by atoms with Crippen molar-refractivity contribution >= 4 is 5.91 Å². The molecule has 2 aromatic rings. The molecule has 1 unspecified atom stereocenters. The Morgan fingerprint density at radius 3 is 2.46 bits per heavy atom. The molecule has 0 aromatic heterocycles. The van der Waals surface area contributed by atoms with Gasteiger partial charge in [0.2, 0.25) is 5.91 Å². The zero-order valence-corrected chi connectivity index (χ0v) is 16.3. The number of carbonyl (C=O) groups is 1. The Hall–Kier alpha value is -2.53. The molecule has 4 rings (SSSR count). The number of benzene rings is 2. The summed E-state index contributed by atoms with van der Waals surface area (Å²) in [6.07, 6.45) is 1.71. The molecule has 148 valence electrons. The van der Waals surface area contributed by atoms with E-state index in [4.69, 9.17) is 14.2 Å². The average molecular weight is 381 g/mol. The summed E-state index contributed by atoms with van der Waals surface area (Å²) in [5.74, 6) is 1.57.